The van der Waals surface area contributed by atoms with Gasteiger partial charge >= 0.3 is 6.03 Å². The summed E-state index contributed by atoms with van der Waals surface area (Å²) >= 11 is 3.56. The van der Waals surface area contributed by atoms with Crippen LogP contribution in [0.4, 0.5) is 14.9 Å². The van der Waals surface area contributed by atoms with Gasteiger partial charge in [-0.15, -0.1) is 0 Å². The summed E-state index contributed by atoms with van der Waals surface area (Å²) < 4.78 is 14.1. The number of benzene rings is 2. The fourth-order valence-electron chi connectivity index (χ4n) is 2.60. The first kappa shape index (κ1) is 16.0. The molecule has 2 aromatic rings. The van der Waals surface area contributed by atoms with E-state index < -0.39 is 0 Å². The van der Waals surface area contributed by atoms with Crippen molar-refractivity contribution >= 4 is 27.6 Å². The quantitative estimate of drug-likeness (QED) is 0.836. The molecule has 5 heteroatoms. The lowest BCUT2D eigenvalue weighted by Gasteiger charge is -2.24. The molecule has 0 aromatic heterocycles. The summed E-state index contributed by atoms with van der Waals surface area (Å²) in [7, 11) is 1.69. The molecule has 0 atom stereocenters. The molecule has 3 nitrogen and oxygen atoms in total. The number of hydrogen-bond acceptors (Lipinski definition) is 1. The third kappa shape index (κ3) is 3.72. The highest BCUT2D eigenvalue weighted by atomic mass is 79.9. The van der Waals surface area contributed by atoms with Gasteiger partial charge in [-0.2, -0.15) is 0 Å². The SMILES string of the molecule is CN(C(=O)NC1(Cc2ccccc2Br)CC1)c1ccc(F)cc1. The van der Waals surface area contributed by atoms with E-state index in [4.69, 9.17) is 0 Å². The van der Waals surface area contributed by atoms with Crippen molar-refractivity contribution in [2.75, 3.05) is 11.9 Å². The van der Waals surface area contributed by atoms with Crippen molar-refractivity contribution in [3.63, 3.8) is 0 Å². The first-order valence-electron chi connectivity index (χ1n) is 7.54. The normalized spacial score (nSPS) is 15.1. The lowest BCUT2D eigenvalue weighted by molar-refractivity contribution is 0.242. The molecule has 1 saturated carbocycles. The largest absolute Gasteiger partial charge is 0.332 e. The Kier molecular flexibility index (Phi) is 4.39. The predicted octanol–water partition coefficient (Wildman–Crippen LogP) is 4.51. The number of carbonyl (C=O) groups excluding carboxylic acids is 1. The number of carbonyl (C=O) groups is 1. The molecule has 0 heterocycles. The summed E-state index contributed by atoms with van der Waals surface area (Å²) in [6, 6.07) is 13.8. The fourth-order valence-corrected chi connectivity index (χ4v) is 3.02. The van der Waals surface area contributed by atoms with Crippen LogP contribution >= 0.6 is 15.9 Å². The molecule has 1 N–H and O–H groups in total. The van der Waals surface area contributed by atoms with Crippen LogP contribution in [0.2, 0.25) is 0 Å². The molecule has 3 rings (SSSR count). The zero-order chi connectivity index (χ0) is 16.4. The Labute approximate surface area is 143 Å². The summed E-state index contributed by atoms with van der Waals surface area (Å²) in [6.45, 7) is 0. The van der Waals surface area contributed by atoms with E-state index >= 15 is 0 Å². The van der Waals surface area contributed by atoms with Crippen LogP contribution < -0.4 is 10.2 Å². The Bertz CT molecular complexity index is 713. The Hall–Kier alpha value is -1.88. The maximum atomic E-state index is 13.0. The minimum atomic E-state index is -0.310. The maximum absolute atomic E-state index is 13.0. The Morgan fingerprint density at radius 2 is 1.87 bits per heavy atom. The van der Waals surface area contributed by atoms with E-state index in [0.717, 1.165) is 23.7 Å². The van der Waals surface area contributed by atoms with Crippen molar-refractivity contribution in [3.05, 3.63) is 64.4 Å². The zero-order valence-corrected chi connectivity index (χ0v) is 14.4. The molecule has 0 radical (unpaired) electrons. The van der Waals surface area contributed by atoms with Gasteiger partial charge in [-0.25, -0.2) is 9.18 Å². The lowest BCUT2D eigenvalue weighted by atomic mass is 10.0. The van der Waals surface area contributed by atoms with E-state index in [1.54, 1.807) is 19.2 Å². The minimum Gasteiger partial charge on any atom is -0.332 e. The highest BCUT2D eigenvalue weighted by molar-refractivity contribution is 9.10. The van der Waals surface area contributed by atoms with Gasteiger partial charge in [0.2, 0.25) is 0 Å². The van der Waals surface area contributed by atoms with Gasteiger partial charge in [-0.1, -0.05) is 34.1 Å². The monoisotopic (exact) mass is 376 g/mol. The molecule has 0 unspecified atom stereocenters. The average Bonchev–Trinajstić information content (AvgIpc) is 3.29. The summed E-state index contributed by atoms with van der Waals surface area (Å²) in [5.41, 5.74) is 1.69. The summed E-state index contributed by atoms with van der Waals surface area (Å²) in [5.74, 6) is -0.310. The molecule has 120 valence electrons. The van der Waals surface area contributed by atoms with Gasteiger partial charge in [0.15, 0.2) is 0 Å². The fraction of sp³-hybridized carbons (Fsp3) is 0.278. The number of halogens is 2. The molecular weight excluding hydrogens is 359 g/mol. The highest BCUT2D eigenvalue weighted by Gasteiger charge is 2.44. The summed E-state index contributed by atoms with van der Waals surface area (Å²) in [6.07, 6.45) is 2.74. The van der Waals surface area contributed by atoms with Gasteiger partial charge in [0.05, 0.1) is 0 Å². The zero-order valence-electron chi connectivity index (χ0n) is 12.9. The van der Waals surface area contributed by atoms with Gasteiger partial charge in [0.1, 0.15) is 5.82 Å². The van der Waals surface area contributed by atoms with Crippen molar-refractivity contribution in [1.29, 1.82) is 0 Å². The average molecular weight is 377 g/mol. The minimum absolute atomic E-state index is 0.166. The van der Waals surface area contributed by atoms with Gasteiger partial charge in [0.25, 0.3) is 0 Å². The second-order valence-electron chi connectivity index (χ2n) is 6.01. The second-order valence-corrected chi connectivity index (χ2v) is 6.87. The van der Waals surface area contributed by atoms with Gasteiger partial charge in [0, 0.05) is 22.7 Å². The van der Waals surface area contributed by atoms with E-state index in [1.165, 1.54) is 22.6 Å². The van der Waals surface area contributed by atoms with Crippen LogP contribution in [0, 0.1) is 5.82 Å². The Balaban J connectivity index is 1.67. The molecule has 2 aromatic carbocycles. The van der Waals surface area contributed by atoms with E-state index in [2.05, 4.69) is 27.3 Å². The van der Waals surface area contributed by atoms with Crippen molar-refractivity contribution in [2.45, 2.75) is 24.8 Å². The number of rotatable bonds is 4. The number of hydrogen-bond donors (Lipinski definition) is 1. The lowest BCUT2D eigenvalue weighted by Crippen LogP contribution is -2.45. The van der Waals surface area contributed by atoms with Crippen LogP contribution in [0.1, 0.15) is 18.4 Å². The molecular formula is C18H18BrFN2O. The van der Waals surface area contributed by atoms with Crippen molar-refractivity contribution < 1.29 is 9.18 Å². The number of amides is 2. The van der Waals surface area contributed by atoms with Crippen molar-refractivity contribution in [2.24, 2.45) is 0 Å². The molecule has 1 aliphatic rings. The number of nitrogens with zero attached hydrogens (tertiary/aromatic N) is 1. The third-order valence-electron chi connectivity index (χ3n) is 4.23. The number of nitrogens with one attached hydrogen (secondary N) is 1. The van der Waals surface area contributed by atoms with Crippen LogP contribution in [-0.4, -0.2) is 18.6 Å². The first-order chi connectivity index (χ1) is 11.0. The van der Waals surface area contributed by atoms with Crippen LogP contribution in [-0.2, 0) is 6.42 Å². The van der Waals surface area contributed by atoms with E-state index in [-0.39, 0.29) is 17.4 Å². The van der Waals surface area contributed by atoms with E-state index in [9.17, 15) is 9.18 Å². The molecule has 23 heavy (non-hydrogen) atoms. The number of anilines is 1. The van der Waals surface area contributed by atoms with Crippen LogP contribution in [0.25, 0.3) is 0 Å². The van der Waals surface area contributed by atoms with Crippen LogP contribution in [0.15, 0.2) is 53.0 Å². The molecule has 0 saturated heterocycles. The summed E-state index contributed by atoms with van der Waals surface area (Å²) in [4.78, 5) is 14.0. The maximum Gasteiger partial charge on any atom is 0.322 e. The van der Waals surface area contributed by atoms with Crippen molar-refractivity contribution in [1.82, 2.24) is 5.32 Å². The Morgan fingerprint density at radius 1 is 1.22 bits per heavy atom. The smallest absolute Gasteiger partial charge is 0.322 e. The topological polar surface area (TPSA) is 32.3 Å². The van der Waals surface area contributed by atoms with Gasteiger partial charge in [-0.3, -0.25) is 4.90 Å². The summed E-state index contributed by atoms with van der Waals surface area (Å²) in [5, 5.41) is 3.13. The van der Waals surface area contributed by atoms with Crippen molar-refractivity contribution in [3.8, 4) is 0 Å². The molecule has 0 spiro atoms. The number of urea groups is 1. The highest BCUT2D eigenvalue weighted by Crippen LogP contribution is 2.40. The third-order valence-corrected chi connectivity index (χ3v) is 5.00. The van der Waals surface area contributed by atoms with Gasteiger partial charge in [-0.05, 0) is 55.2 Å². The van der Waals surface area contributed by atoms with Crippen LogP contribution in [0.3, 0.4) is 0 Å². The molecule has 0 bridgehead atoms. The molecule has 2 amide bonds. The second kappa shape index (κ2) is 6.32. The first-order valence-corrected chi connectivity index (χ1v) is 8.33. The molecule has 1 fully saturated rings. The van der Waals surface area contributed by atoms with E-state index in [1.807, 2.05) is 18.2 Å². The molecule has 0 aliphatic heterocycles. The van der Waals surface area contributed by atoms with Crippen LogP contribution in [0.5, 0.6) is 0 Å². The van der Waals surface area contributed by atoms with Gasteiger partial charge < -0.3 is 5.32 Å². The van der Waals surface area contributed by atoms with E-state index in [0.29, 0.717) is 5.69 Å². The Morgan fingerprint density at radius 3 is 2.48 bits per heavy atom. The predicted molar refractivity (Wildman–Crippen MR) is 93.1 cm³/mol. The standard InChI is InChI=1S/C18H18BrFN2O/c1-22(15-8-6-14(20)7-9-15)17(23)21-18(10-11-18)12-13-4-2-3-5-16(13)19/h2-9H,10-12H2,1H3,(H,21,23). The molecule has 1 aliphatic carbocycles.